The van der Waals surface area contributed by atoms with Gasteiger partial charge in [-0.25, -0.2) is 9.97 Å². The minimum absolute atomic E-state index is 0.301. The van der Waals surface area contributed by atoms with Gasteiger partial charge in [0.15, 0.2) is 0 Å². The van der Waals surface area contributed by atoms with Gasteiger partial charge in [0.1, 0.15) is 11.6 Å². The van der Waals surface area contributed by atoms with Crippen LogP contribution in [0.4, 0.5) is 5.82 Å². The Hall–Kier alpha value is -1.97. The number of aromatic nitrogens is 3. The van der Waals surface area contributed by atoms with Crippen LogP contribution < -0.4 is 5.32 Å². The third-order valence-corrected chi connectivity index (χ3v) is 3.19. The molecule has 4 heteroatoms. The van der Waals surface area contributed by atoms with E-state index in [1.807, 2.05) is 19.2 Å². The van der Waals surface area contributed by atoms with E-state index in [1.54, 1.807) is 0 Å². The van der Waals surface area contributed by atoms with E-state index < -0.39 is 0 Å². The van der Waals surface area contributed by atoms with E-state index in [0.717, 1.165) is 40.7 Å². The van der Waals surface area contributed by atoms with Crippen LogP contribution in [0.1, 0.15) is 43.8 Å². The van der Waals surface area contributed by atoms with Crippen LogP contribution in [0.15, 0.2) is 18.3 Å². The number of nitrogens with zero attached hydrogens (tertiary/aromatic N) is 3. The molecule has 2 aromatic heterocycles. The molecule has 2 rings (SSSR count). The van der Waals surface area contributed by atoms with Crippen LogP contribution in [-0.4, -0.2) is 21.5 Å². The fraction of sp³-hybridized carbons (Fsp3) is 0.438. The van der Waals surface area contributed by atoms with Gasteiger partial charge in [-0.2, -0.15) is 0 Å². The van der Waals surface area contributed by atoms with E-state index in [1.165, 1.54) is 0 Å². The Morgan fingerprint density at radius 3 is 2.55 bits per heavy atom. The molecular formula is C16H22N4. The fourth-order valence-electron chi connectivity index (χ4n) is 2.11. The van der Waals surface area contributed by atoms with Gasteiger partial charge < -0.3 is 5.32 Å². The summed E-state index contributed by atoms with van der Waals surface area (Å²) in [5.74, 6) is 2.10. The first kappa shape index (κ1) is 14.4. The van der Waals surface area contributed by atoms with E-state index in [4.69, 9.17) is 4.98 Å². The highest BCUT2D eigenvalue weighted by atomic mass is 15.0. The van der Waals surface area contributed by atoms with Gasteiger partial charge in [0.05, 0.1) is 5.69 Å². The van der Waals surface area contributed by atoms with Gasteiger partial charge >= 0.3 is 0 Å². The van der Waals surface area contributed by atoms with Crippen molar-refractivity contribution in [1.82, 2.24) is 15.0 Å². The predicted molar refractivity (Wildman–Crippen MR) is 83.0 cm³/mol. The topological polar surface area (TPSA) is 50.7 Å². The lowest BCUT2D eigenvalue weighted by Gasteiger charge is -2.15. The van der Waals surface area contributed by atoms with Gasteiger partial charge in [0.25, 0.3) is 0 Å². The first-order valence-electron chi connectivity index (χ1n) is 7.08. The summed E-state index contributed by atoms with van der Waals surface area (Å²) in [6.45, 7) is 11.2. The number of hydrogen-bond acceptors (Lipinski definition) is 4. The van der Waals surface area contributed by atoms with Crippen molar-refractivity contribution in [3.05, 3.63) is 35.4 Å². The van der Waals surface area contributed by atoms with Crippen LogP contribution >= 0.6 is 0 Å². The average Bonchev–Trinajstić information content (AvgIpc) is 2.41. The molecule has 0 aliphatic heterocycles. The third kappa shape index (κ3) is 2.95. The maximum absolute atomic E-state index is 4.75. The highest BCUT2D eigenvalue weighted by molar-refractivity contribution is 5.68. The Morgan fingerprint density at radius 2 is 1.95 bits per heavy atom. The van der Waals surface area contributed by atoms with Gasteiger partial charge in [-0.15, -0.1) is 0 Å². The van der Waals surface area contributed by atoms with Crippen molar-refractivity contribution in [1.29, 1.82) is 0 Å². The van der Waals surface area contributed by atoms with Crippen molar-refractivity contribution >= 4 is 5.82 Å². The molecule has 4 nitrogen and oxygen atoms in total. The van der Waals surface area contributed by atoms with E-state index in [2.05, 4.69) is 49.0 Å². The minimum atomic E-state index is 0.301. The zero-order valence-electron chi connectivity index (χ0n) is 12.9. The average molecular weight is 270 g/mol. The number of hydrogen-bond donors (Lipinski definition) is 1. The summed E-state index contributed by atoms with van der Waals surface area (Å²) in [5, 5.41) is 3.33. The highest BCUT2D eigenvalue weighted by Crippen LogP contribution is 2.27. The molecule has 0 aliphatic rings. The number of anilines is 1. The smallest absolute Gasteiger partial charge is 0.133 e. The largest absolute Gasteiger partial charge is 0.370 e. The third-order valence-electron chi connectivity index (χ3n) is 3.19. The van der Waals surface area contributed by atoms with E-state index >= 15 is 0 Å². The molecule has 0 fully saturated rings. The molecule has 1 N–H and O–H groups in total. The Kier molecular flexibility index (Phi) is 4.32. The second-order valence-corrected chi connectivity index (χ2v) is 5.27. The number of rotatable bonds is 4. The number of aryl methyl sites for hydroxylation is 1. The second kappa shape index (κ2) is 5.99. The quantitative estimate of drug-likeness (QED) is 0.920. The molecule has 0 radical (unpaired) electrons. The molecular weight excluding hydrogens is 248 g/mol. The van der Waals surface area contributed by atoms with Gasteiger partial charge in [-0.05, 0) is 32.9 Å². The van der Waals surface area contributed by atoms with E-state index in [9.17, 15) is 0 Å². The maximum atomic E-state index is 4.75. The molecule has 0 bridgehead atoms. The molecule has 20 heavy (non-hydrogen) atoms. The zero-order valence-corrected chi connectivity index (χ0v) is 12.9. The lowest BCUT2D eigenvalue weighted by molar-refractivity contribution is 0.774. The monoisotopic (exact) mass is 270 g/mol. The Labute approximate surface area is 120 Å². The lowest BCUT2D eigenvalue weighted by atomic mass is 10.1. The summed E-state index contributed by atoms with van der Waals surface area (Å²) in [6.07, 6.45) is 1.83. The molecule has 0 saturated carbocycles. The van der Waals surface area contributed by atoms with Crippen molar-refractivity contribution in [3.63, 3.8) is 0 Å². The van der Waals surface area contributed by atoms with Crippen LogP contribution in [0.25, 0.3) is 11.3 Å². The maximum Gasteiger partial charge on any atom is 0.133 e. The Bertz CT molecular complexity index is 605. The molecule has 2 aromatic rings. The summed E-state index contributed by atoms with van der Waals surface area (Å²) >= 11 is 0. The van der Waals surface area contributed by atoms with Crippen LogP contribution in [0.3, 0.4) is 0 Å². The minimum Gasteiger partial charge on any atom is -0.370 e. The fourth-order valence-corrected chi connectivity index (χ4v) is 2.11. The summed E-state index contributed by atoms with van der Waals surface area (Å²) in [5.41, 5.74) is 4.17. The predicted octanol–water partition coefficient (Wildman–Crippen LogP) is 3.71. The number of pyridine rings is 1. The summed E-state index contributed by atoms with van der Waals surface area (Å²) in [7, 11) is 0. The van der Waals surface area contributed by atoms with Crippen LogP contribution in [-0.2, 0) is 0 Å². The summed E-state index contributed by atoms with van der Waals surface area (Å²) < 4.78 is 0. The molecule has 2 heterocycles. The first-order chi connectivity index (χ1) is 9.52. The van der Waals surface area contributed by atoms with Gasteiger partial charge in [-0.3, -0.25) is 4.98 Å². The molecule has 0 amide bonds. The first-order valence-corrected chi connectivity index (χ1v) is 7.08. The molecule has 0 atom stereocenters. The number of nitrogens with one attached hydrogen (secondary N) is 1. The van der Waals surface area contributed by atoms with Gasteiger partial charge in [0, 0.05) is 35.5 Å². The molecule has 0 aromatic carbocycles. The Balaban J connectivity index is 2.61. The molecule has 106 valence electrons. The Morgan fingerprint density at radius 1 is 1.20 bits per heavy atom. The van der Waals surface area contributed by atoms with Crippen LogP contribution in [0.5, 0.6) is 0 Å². The zero-order chi connectivity index (χ0) is 14.7. The van der Waals surface area contributed by atoms with Crippen LogP contribution in [0.2, 0.25) is 0 Å². The lowest BCUT2D eigenvalue weighted by Crippen LogP contribution is -2.09. The van der Waals surface area contributed by atoms with Gasteiger partial charge in [-0.1, -0.05) is 13.8 Å². The highest BCUT2D eigenvalue weighted by Gasteiger charge is 2.14. The van der Waals surface area contributed by atoms with Gasteiger partial charge in [0.2, 0.25) is 0 Å². The van der Waals surface area contributed by atoms with Crippen LogP contribution in [0, 0.1) is 13.8 Å². The van der Waals surface area contributed by atoms with Crippen molar-refractivity contribution in [2.75, 3.05) is 11.9 Å². The molecule has 0 spiro atoms. The van der Waals surface area contributed by atoms with Crippen molar-refractivity contribution in [3.8, 4) is 11.3 Å². The van der Waals surface area contributed by atoms with Crippen molar-refractivity contribution < 1.29 is 0 Å². The SMILES string of the molecule is CCNc1nc(C(C)C)nc(-c2ccnc(C)c2)c1C. The second-order valence-electron chi connectivity index (χ2n) is 5.27. The summed E-state index contributed by atoms with van der Waals surface area (Å²) in [6, 6.07) is 4.07. The molecule has 0 unspecified atom stereocenters. The standard InChI is InChI=1S/C16H22N4/c1-6-17-16-12(5)14(19-15(20-16)10(2)3)13-7-8-18-11(4)9-13/h7-10H,6H2,1-5H3,(H,17,19,20). The summed E-state index contributed by atoms with van der Waals surface area (Å²) in [4.78, 5) is 13.6. The normalized spacial score (nSPS) is 10.9. The molecule has 0 aliphatic carbocycles. The van der Waals surface area contributed by atoms with E-state index in [0.29, 0.717) is 5.92 Å². The van der Waals surface area contributed by atoms with Crippen molar-refractivity contribution in [2.24, 2.45) is 0 Å². The van der Waals surface area contributed by atoms with E-state index in [-0.39, 0.29) is 0 Å². The van der Waals surface area contributed by atoms with Crippen molar-refractivity contribution in [2.45, 2.75) is 40.5 Å². The molecule has 0 saturated heterocycles.